The van der Waals surface area contributed by atoms with Crippen LogP contribution in [0, 0.1) is 17.3 Å². The fourth-order valence-electron chi connectivity index (χ4n) is 7.58. The van der Waals surface area contributed by atoms with E-state index in [9.17, 15) is 24.6 Å². The third-order valence-corrected chi connectivity index (χ3v) is 10.0. The van der Waals surface area contributed by atoms with Gasteiger partial charge in [0.05, 0.1) is 24.8 Å². The normalized spacial score (nSPS) is 25.8. The van der Waals surface area contributed by atoms with Crippen molar-refractivity contribution in [1.29, 1.82) is 0 Å². The van der Waals surface area contributed by atoms with Gasteiger partial charge < -0.3 is 34.3 Å². The largest absolute Gasteiger partial charge is 0.504 e. The van der Waals surface area contributed by atoms with Crippen LogP contribution in [0.5, 0.6) is 17.2 Å². The van der Waals surface area contributed by atoms with Gasteiger partial charge in [0, 0.05) is 18.1 Å². The number of amides is 1. The van der Waals surface area contributed by atoms with Crippen LogP contribution in [0.25, 0.3) is 0 Å². The lowest BCUT2D eigenvalue weighted by atomic mass is 9.43. The van der Waals surface area contributed by atoms with Crippen LogP contribution >= 0.6 is 0 Å². The molecule has 0 spiro atoms. The van der Waals surface area contributed by atoms with E-state index in [0.717, 1.165) is 18.4 Å². The number of phenolic OH excluding ortho intramolecular Hbond substituents is 1. The van der Waals surface area contributed by atoms with Gasteiger partial charge in [0.2, 0.25) is 0 Å². The number of hydrogen-bond donors (Lipinski definition) is 3. The van der Waals surface area contributed by atoms with Crippen molar-refractivity contribution >= 4 is 25.0 Å². The zero-order chi connectivity index (χ0) is 32.4. The Morgan fingerprint density at radius 2 is 1.84 bits per heavy atom. The van der Waals surface area contributed by atoms with Gasteiger partial charge in [-0.3, -0.25) is 9.59 Å². The van der Waals surface area contributed by atoms with Crippen LogP contribution in [-0.4, -0.2) is 59.9 Å². The lowest BCUT2D eigenvalue weighted by Crippen LogP contribution is -2.65. The molecule has 2 aromatic rings. The number of methoxy groups -OCH3 is 1. The molecule has 0 radical (unpaired) electrons. The second-order valence-electron chi connectivity index (χ2n) is 14.1. The molecule has 11 heteroatoms. The highest BCUT2D eigenvalue weighted by molar-refractivity contribution is 6.48. The first kappa shape index (κ1) is 31.8. The number of ether oxygens (including phenoxy) is 2. The topological polar surface area (TPSA) is 141 Å². The second kappa shape index (κ2) is 11.1. The first-order chi connectivity index (χ1) is 20.5. The van der Waals surface area contributed by atoms with Crippen LogP contribution in [0.3, 0.4) is 0 Å². The van der Waals surface area contributed by atoms with Crippen molar-refractivity contribution < 1.29 is 43.4 Å². The van der Waals surface area contributed by atoms with Crippen LogP contribution in [0.2, 0.25) is 0 Å². The highest BCUT2D eigenvalue weighted by atomic mass is 16.7. The fraction of sp³-hybridized carbons (Fsp3) is 0.545. The zero-order valence-electron chi connectivity index (χ0n) is 26.6. The standard InChI is InChI=1S/C33H42BNO9/c1-17(36)42-24-13-18(9-12-23(24)37)29(38)35-27(34-43-26-15-19-14-25(32(19,5)6)33(26,7)44-34)16-21-22(31(2,3)4)11-10-20(30(39)40)28(21)41-8/h9-13,19,25-27,37H,14-16H2,1-8H3,(H,35,38)(H,39,40)/t19?,25?,26?,27-,33?/m0/s1. The van der Waals surface area contributed by atoms with Crippen molar-refractivity contribution in [2.45, 2.75) is 90.8 Å². The molecule has 1 amide bonds. The summed E-state index contributed by atoms with van der Waals surface area (Å²) in [5.74, 6) is -2.41. The third kappa shape index (κ3) is 5.45. The zero-order valence-corrected chi connectivity index (χ0v) is 26.6. The second-order valence-corrected chi connectivity index (χ2v) is 14.1. The van der Waals surface area contributed by atoms with E-state index in [1.54, 1.807) is 12.1 Å². The van der Waals surface area contributed by atoms with Crippen molar-refractivity contribution in [1.82, 2.24) is 5.32 Å². The van der Waals surface area contributed by atoms with Crippen LogP contribution < -0.4 is 14.8 Å². The first-order valence-electron chi connectivity index (χ1n) is 15.1. The highest BCUT2D eigenvalue weighted by Gasteiger charge is 2.68. The molecule has 2 aromatic carbocycles. The molecule has 6 rings (SSSR count). The van der Waals surface area contributed by atoms with Gasteiger partial charge in [-0.1, -0.05) is 40.7 Å². The van der Waals surface area contributed by atoms with Crippen molar-refractivity contribution in [2.24, 2.45) is 17.3 Å². The van der Waals surface area contributed by atoms with Crippen LogP contribution in [0.15, 0.2) is 30.3 Å². The molecule has 1 saturated heterocycles. The summed E-state index contributed by atoms with van der Waals surface area (Å²) < 4.78 is 24.2. The molecular weight excluding hydrogens is 565 g/mol. The van der Waals surface area contributed by atoms with Gasteiger partial charge in [0.15, 0.2) is 11.5 Å². The number of phenols is 1. The van der Waals surface area contributed by atoms with Gasteiger partial charge in [-0.15, -0.1) is 0 Å². The Kier molecular flexibility index (Phi) is 8.04. The maximum absolute atomic E-state index is 13.8. The monoisotopic (exact) mass is 607 g/mol. The van der Waals surface area contributed by atoms with E-state index in [1.165, 1.54) is 32.2 Å². The lowest BCUT2D eigenvalue weighted by Gasteiger charge is -2.64. The first-order valence-corrected chi connectivity index (χ1v) is 15.1. The predicted octanol–water partition coefficient (Wildman–Crippen LogP) is 4.93. The van der Waals surface area contributed by atoms with E-state index in [4.69, 9.17) is 18.8 Å². The summed E-state index contributed by atoms with van der Waals surface area (Å²) in [5.41, 5.74) is 0.844. The van der Waals surface area contributed by atoms with Gasteiger partial charge in [-0.05, 0) is 78.7 Å². The van der Waals surface area contributed by atoms with E-state index in [-0.39, 0.29) is 51.7 Å². The van der Waals surface area contributed by atoms with Crippen molar-refractivity contribution in [2.75, 3.05) is 7.11 Å². The minimum absolute atomic E-state index is 0.0154. The number of esters is 1. The van der Waals surface area contributed by atoms with Gasteiger partial charge in [-0.2, -0.15) is 0 Å². The Labute approximate surface area is 258 Å². The summed E-state index contributed by atoms with van der Waals surface area (Å²) in [6.07, 6.45) is 1.92. The van der Waals surface area contributed by atoms with Crippen molar-refractivity contribution in [3.05, 3.63) is 52.6 Å². The molecule has 236 valence electrons. The molecule has 4 unspecified atom stereocenters. The lowest BCUT2D eigenvalue weighted by molar-refractivity contribution is -0.199. The third-order valence-electron chi connectivity index (χ3n) is 10.0. The SMILES string of the molecule is COc1c(C(=O)O)ccc(C(C)(C)C)c1C[C@H](NC(=O)c1ccc(O)c(OC(C)=O)c1)B1OC2CC3CC(C3(C)C)C2(C)O1. The average molecular weight is 608 g/mol. The van der Waals surface area contributed by atoms with Crippen molar-refractivity contribution in [3.8, 4) is 17.2 Å². The van der Waals surface area contributed by atoms with Crippen molar-refractivity contribution in [3.63, 3.8) is 0 Å². The molecular formula is C33H42BNO9. The molecule has 4 fully saturated rings. The number of aromatic hydroxyl groups is 1. The Morgan fingerprint density at radius 3 is 2.43 bits per heavy atom. The summed E-state index contributed by atoms with van der Waals surface area (Å²) in [4.78, 5) is 37.5. The fourth-order valence-corrected chi connectivity index (χ4v) is 7.58. The quantitative estimate of drug-likeness (QED) is 0.216. The molecule has 2 bridgehead atoms. The predicted molar refractivity (Wildman–Crippen MR) is 163 cm³/mol. The summed E-state index contributed by atoms with van der Waals surface area (Å²) in [7, 11) is 0.603. The Hall–Kier alpha value is -3.57. The number of hydrogen-bond acceptors (Lipinski definition) is 8. The van der Waals surface area contributed by atoms with E-state index in [0.29, 0.717) is 17.4 Å². The number of carbonyl (C=O) groups is 3. The smallest absolute Gasteiger partial charge is 0.482 e. The highest BCUT2D eigenvalue weighted by Crippen LogP contribution is 2.65. The molecule has 3 aliphatic carbocycles. The number of aromatic carboxylic acids is 1. The molecule has 10 nitrogen and oxygen atoms in total. The van der Waals surface area contributed by atoms with Gasteiger partial charge >= 0.3 is 19.1 Å². The van der Waals surface area contributed by atoms with E-state index in [2.05, 4.69) is 26.1 Å². The maximum Gasteiger partial charge on any atom is 0.482 e. The number of benzene rings is 2. The molecule has 5 atom stereocenters. The molecule has 3 N–H and O–H groups in total. The number of carbonyl (C=O) groups excluding carboxylic acids is 2. The number of carboxylic acids is 1. The van der Waals surface area contributed by atoms with Crippen LogP contribution in [0.1, 0.15) is 93.2 Å². The molecule has 1 aliphatic heterocycles. The minimum atomic E-state index is -1.12. The molecule has 1 heterocycles. The van der Waals surface area contributed by atoms with Gasteiger partial charge in [0.25, 0.3) is 5.91 Å². The summed E-state index contributed by atoms with van der Waals surface area (Å²) in [5, 5.41) is 23.2. The minimum Gasteiger partial charge on any atom is -0.504 e. The average Bonchev–Trinajstić information content (AvgIpc) is 3.29. The maximum atomic E-state index is 13.8. The summed E-state index contributed by atoms with van der Waals surface area (Å²) in [6, 6.07) is 7.34. The summed E-state index contributed by atoms with van der Waals surface area (Å²) in [6.45, 7) is 13.9. The number of carboxylic acid groups (broad SMARTS) is 1. The number of rotatable bonds is 8. The van der Waals surface area contributed by atoms with Gasteiger partial charge in [0.1, 0.15) is 11.3 Å². The van der Waals surface area contributed by atoms with Gasteiger partial charge in [-0.25, -0.2) is 4.79 Å². The molecule has 4 aliphatic rings. The van der Waals surface area contributed by atoms with E-state index in [1.807, 2.05) is 20.8 Å². The van der Waals surface area contributed by atoms with Crippen LogP contribution in [-0.2, 0) is 25.9 Å². The van der Waals surface area contributed by atoms with Crippen LogP contribution in [0.4, 0.5) is 0 Å². The molecule has 0 aromatic heterocycles. The van der Waals surface area contributed by atoms with E-state index < -0.39 is 36.5 Å². The molecule has 44 heavy (non-hydrogen) atoms. The summed E-state index contributed by atoms with van der Waals surface area (Å²) >= 11 is 0. The number of nitrogens with one attached hydrogen (secondary N) is 1. The Balaban J connectivity index is 1.55. The molecule has 3 saturated carbocycles. The Morgan fingerprint density at radius 1 is 1.14 bits per heavy atom. The Bertz CT molecular complexity index is 1500. The van der Waals surface area contributed by atoms with E-state index >= 15 is 0 Å².